The van der Waals surface area contributed by atoms with Crippen molar-refractivity contribution in [2.75, 3.05) is 18.6 Å². The Morgan fingerprint density at radius 2 is 2.29 bits per heavy atom. The van der Waals surface area contributed by atoms with E-state index in [1.807, 2.05) is 7.05 Å². The van der Waals surface area contributed by atoms with Crippen LogP contribution in [0.15, 0.2) is 5.03 Å². The monoisotopic (exact) mass is 257 g/mol. The number of nitrogen functional groups attached to an aromatic ring is 1. The van der Waals surface area contributed by atoms with Gasteiger partial charge in [0.25, 0.3) is 0 Å². The lowest BCUT2D eigenvalue weighted by Crippen LogP contribution is -2.02. The molecule has 0 atom stereocenters. The molecule has 0 amide bonds. The first-order valence-corrected chi connectivity index (χ1v) is 6.59. The highest BCUT2D eigenvalue weighted by Crippen LogP contribution is 2.28. The standard InChI is InChI=1S/C11H19N3O2S/c1-4-5-8-10(12)11(14(2)13-8)17-7-6-9(15)16-3/h4-7,12H2,1-3H3. The fraction of sp³-hybridized carbons (Fsp3) is 0.636. The molecule has 17 heavy (non-hydrogen) atoms. The van der Waals surface area contributed by atoms with Crippen molar-refractivity contribution in [2.24, 2.45) is 7.05 Å². The predicted octanol–water partition coefficient (Wildman–Crippen LogP) is 1.61. The number of rotatable bonds is 6. The van der Waals surface area contributed by atoms with Gasteiger partial charge in [0, 0.05) is 12.8 Å². The topological polar surface area (TPSA) is 70.1 Å². The molecule has 1 aromatic rings. The molecule has 2 N–H and O–H groups in total. The second kappa shape index (κ2) is 6.54. The number of aromatic nitrogens is 2. The number of carbonyl (C=O) groups is 1. The maximum Gasteiger partial charge on any atom is 0.306 e. The van der Waals surface area contributed by atoms with Gasteiger partial charge in [-0.3, -0.25) is 9.48 Å². The number of methoxy groups -OCH3 is 1. The summed E-state index contributed by atoms with van der Waals surface area (Å²) >= 11 is 1.54. The van der Waals surface area contributed by atoms with Crippen molar-refractivity contribution in [2.45, 2.75) is 31.2 Å². The SMILES string of the molecule is CCCc1nn(C)c(SCCC(=O)OC)c1N. The summed E-state index contributed by atoms with van der Waals surface area (Å²) < 4.78 is 6.37. The number of thioether (sulfide) groups is 1. The second-order valence-corrected chi connectivity index (χ2v) is 4.80. The van der Waals surface area contributed by atoms with E-state index in [0.717, 1.165) is 29.2 Å². The summed E-state index contributed by atoms with van der Waals surface area (Å²) in [5.41, 5.74) is 7.70. The summed E-state index contributed by atoms with van der Waals surface area (Å²) in [6.45, 7) is 2.10. The van der Waals surface area contributed by atoms with E-state index < -0.39 is 0 Å². The molecule has 0 aromatic carbocycles. The van der Waals surface area contributed by atoms with Crippen LogP contribution in [0.1, 0.15) is 25.5 Å². The average Bonchev–Trinajstić information content (AvgIpc) is 2.57. The molecular formula is C11H19N3O2S. The van der Waals surface area contributed by atoms with E-state index in [1.165, 1.54) is 18.9 Å². The number of esters is 1. The van der Waals surface area contributed by atoms with Crippen LogP contribution in [-0.4, -0.2) is 28.6 Å². The van der Waals surface area contributed by atoms with Gasteiger partial charge in [-0.15, -0.1) is 11.8 Å². The van der Waals surface area contributed by atoms with Crippen molar-refractivity contribution in [3.05, 3.63) is 5.69 Å². The van der Waals surface area contributed by atoms with Gasteiger partial charge in [0.15, 0.2) is 0 Å². The highest BCUT2D eigenvalue weighted by atomic mass is 32.2. The lowest BCUT2D eigenvalue weighted by molar-refractivity contribution is -0.140. The van der Waals surface area contributed by atoms with Gasteiger partial charge in [0.1, 0.15) is 5.03 Å². The van der Waals surface area contributed by atoms with E-state index in [-0.39, 0.29) is 5.97 Å². The van der Waals surface area contributed by atoms with Gasteiger partial charge in [-0.05, 0) is 6.42 Å². The van der Waals surface area contributed by atoms with Crippen molar-refractivity contribution < 1.29 is 9.53 Å². The molecule has 0 aliphatic carbocycles. The van der Waals surface area contributed by atoms with Gasteiger partial charge in [-0.2, -0.15) is 5.10 Å². The number of anilines is 1. The Bertz CT molecular complexity index is 390. The Kier molecular flexibility index (Phi) is 5.34. The fourth-order valence-corrected chi connectivity index (χ4v) is 2.47. The van der Waals surface area contributed by atoms with E-state index in [1.54, 1.807) is 4.68 Å². The minimum atomic E-state index is -0.202. The molecule has 0 fully saturated rings. The Labute approximate surface area is 106 Å². The first-order chi connectivity index (χ1) is 8.10. The Hall–Kier alpha value is -1.17. The van der Waals surface area contributed by atoms with Crippen molar-refractivity contribution in [1.82, 2.24) is 9.78 Å². The van der Waals surface area contributed by atoms with Crippen molar-refractivity contribution in [3.8, 4) is 0 Å². The molecule has 0 aliphatic heterocycles. The lowest BCUT2D eigenvalue weighted by Gasteiger charge is -2.02. The number of nitrogens with two attached hydrogens (primary N) is 1. The van der Waals surface area contributed by atoms with Crippen LogP contribution in [-0.2, 0) is 23.0 Å². The first kappa shape index (κ1) is 13.9. The number of ether oxygens (including phenoxy) is 1. The molecular weight excluding hydrogens is 238 g/mol. The quantitative estimate of drug-likeness (QED) is 0.619. The normalized spacial score (nSPS) is 10.5. The fourth-order valence-electron chi connectivity index (χ4n) is 1.50. The zero-order valence-electron chi connectivity index (χ0n) is 10.5. The summed E-state index contributed by atoms with van der Waals surface area (Å²) in [7, 11) is 3.26. The summed E-state index contributed by atoms with van der Waals surface area (Å²) in [6.07, 6.45) is 2.29. The van der Waals surface area contributed by atoms with Gasteiger partial charge >= 0.3 is 5.97 Å². The van der Waals surface area contributed by atoms with Crippen molar-refractivity contribution in [1.29, 1.82) is 0 Å². The van der Waals surface area contributed by atoms with Crippen LogP contribution in [0.4, 0.5) is 5.69 Å². The van der Waals surface area contributed by atoms with Crippen LogP contribution in [0.25, 0.3) is 0 Å². The third kappa shape index (κ3) is 3.66. The molecule has 5 nitrogen and oxygen atoms in total. The minimum Gasteiger partial charge on any atom is -0.469 e. The third-order valence-electron chi connectivity index (χ3n) is 2.37. The minimum absolute atomic E-state index is 0.202. The maximum absolute atomic E-state index is 11.0. The summed E-state index contributed by atoms with van der Waals surface area (Å²) in [5, 5.41) is 5.30. The number of nitrogens with zero attached hydrogens (tertiary/aromatic N) is 2. The molecule has 0 aliphatic rings. The highest BCUT2D eigenvalue weighted by molar-refractivity contribution is 7.99. The number of aryl methyl sites for hydroxylation is 2. The van der Waals surface area contributed by atoms with Crippen LogP contribution in [0.3, 0.4) is 0 Å². The molecule has 96 valence electrons. The summed E-state index contributed by atoms with van der Waals surface area (Å²) in [6, 6.07) is 0. The molecule has 0 spiro atoms. The van der Waals surface area contributed by atoms with E-state index in [9.17, 15) is 4.79 Å². The Balaban J connectivity index is 2.61. The molecule has 0 radical (unpaired) electrons. The molecule has 0 saturated carbocycles. The zero-order valence-corrected chi connectivity index (χ0v) is 11.3. The predicted molar refractivity (Wildman–Crippen MR) is 69.0 cm³/mol. The second-order valence-electron chi connectivity index (χ2n) is 3.71. The number of carbonyl (C=O) groups excluding carboxylic acids is 1. The van der Waals surface area contributed by atoms with E-state index >= 15 is 0 Å². The maximum atomic E-state index is 11.0. The van der Waals surface area contributed by atoms with Gasteiger partial charge in [-0.25, -0.2) is 0 Å². The van der Waals surface area contributed by atoms with Crippen LogP contribution in [0.5, 0.6) is 0 Å². The van der Waals surface area contributed by atoms with E-state index in [4.69, 9.17) is 5.73 Å². The highest BCUT2D eigenvalue weighted by Gasteiger charge is 2.13. The van der Waals surface area contributed by atoms with Crippen LogP contribution in [0, 0.1) is 0 Å². The van der Waals surface area contributed by atoms with Crippen molar-refractivity contribution >= 4 is 23.4 Å². The van der Waals surface area contributed by atoms with Crippen molar-refractivity contribution in [3.63, 3.8) is 0 Å². The summed E-state index contributed by atoms with van der Waals surface area (Å²) in [5.74, 6) is 0.453. The Morgan fingerprint density at radius 3 is 2.88 bits per heavy atom. The molecule has 0 bridgehead atoms. The number of hydrogen-bond acceptors (Lipinski definition) is 5. The van der Waals surface area contributed by atoms with E-state index in [2.05, 4.69) is 16.8 Å². The van der Waals surface area contributed by atoms with E-state index in [0.29, 0.717) is 12.2 Å². The number of hydrogen-bond donors (Lipinski definition) is 1. The molecule has 6 heteroatoms. The molecule has 1 aromatic heterocycles. The Morgan fingerprint density at radius 1 is 1.59 bits per heavy atom. The molecule has 1 rings (SSSR count). The van der Waals surface area contributed by atoms with Crippen LogP contribution < -0.4 is 5.73 Å². The molecule has 1 heterocycles. The largest absolute Gasteiger partial charge is 0.469 e. The lowest BCUT2D eigenvalue weighted by atomic mass is 10.2. The zero-order chi connectivity index (χ0) is 12.8. The van der Waals surface area contributed by atoms with Gasteiger partial charge < -0.3 is 10.5 Å². The smallest absolute Gasteiger partial charge is 0.306 e. The van der Waals surface area contributed by atoms with Gasteiger partial charge in [-0.1, -0.05) is 13.3 Å². The molecule has 0 unspecified atom stereocenters. The van der Waals surface area contributed by atoms with Crippen LogP contribution in [0.2, 0.25) is 0 Å². The molecule has 0 saturated heterocycles. The van der Waals surface area contributed by atoms with Gasteiger partial charge in [0.05, 0.1) is 24.9 Å². The van der Waals surface area contributed by atoms with Crippen LogP contribution >= 0.6 is 11.8 Å². The first-order valence-electron chi connectivity index (χ1n) is 5.61. The third-order valence-corrected chi connectivity index (χ3v) is 3.53. The summed E-state index contributed by atoms with van der Waals surface area (Å²) in [4.78, 5) is 11.0. The van der Waals surface area contributed by atoms with Gasteiger partial charge in [0.2, 0.25) is 0 Å². The average molecular weight is 257 g/mol.